The molecule has 3 nitrogen and oxygen atoms in total. The van der Waals surface area contributed by atoms with Gasteiger partial charge in [-0.1, -0.05) is 72.8 Å². The summed E-state index contributed by atoms with van der Waals surface area (Å²) in [5.74, 6) is -0.384. The molecular weight excluding hydrogens is 298 g/mol. The quantitative estimate of drug-likeness (QED) is 0.645. The normalized spacial score (nSPS) is 20.7. The average Bonchev–Trinajstić information content (AvgIpc) is 3.09. The van der Waals surface area contributed by atoms with Crippen LogP contribution in [0, 0.1) is 5.92 Å². The van der Waals surface area contributed by atoms with Crippen molar-refractivity contribution < 1.29 is 9.53 Å². The molecule has 3 atom stereocenters. The number of rotatable bonds is 6. The van der Waals surface area contributed by atoms with Crippen LogP contribution in [0.1, 0.15) is 30.5 Å². The number of hydrogen-bond acceptors (Lipinski definition) is 3. The molecule has 1 N–H and O–H groups in total. The molecule has 0 bridgehead atoms. The number of esters is 1. The number of ether oxygens (including phenoxy) is 1. The van der Waals surface area contributed by atoms with Gasteiger partial charge >= 0.3 is 5.97 Å². The first-order valence-electron chi connectivity index (χ1n) is 8.42. The third kappa shape index (κ3) is 4.12. The van der Waals surface area contributed by atoms with Gasteiger partial charge in [0.05, 0.1) is 5.92 Å². The summed E-state index contributed by atoms with van der Waals surface area (Å²) in [5, 5.41) is 3.56. The Morgan fingerprint density at radius 1 is 1.12 bits per heavy atom. The van der Waals surface area contributed by atoms with Crippen molar-refractivity contribution in [2.45, 2.75) is 32.0 Å². The Bertz CT molecular complexity index is 681. The van der Waals surface area contributed by atoms with Gasteiger partial charge in [0.15, 0.2) is 0 Å². The van der Waals surface area contributed by atoms with Crippen molar-refractivity contribution in [2.24, 2.45) is 5.92 Å². The van der Waals surface area contributed by atoms with Crippen LogP contribution >= 0.6 is 0 Å². The maximum Gasteiger partial charge on any atom is 0.314 e. The van der Waals surface area contributed by atoms with Gasteiger partial charge in [0, 0.05) is 12.1 Å². The third-order valence-corrected chi connectivity index (χ3v) is 4.43. The fraction of sp³-hybridized carbons (Fsp3) is 0.286. The fourth-order valence-corrected chi connectivity index (χ4v) is 3.05. The van der Waals surface area contributed by atoms with E-state index in [1.54, 1.807) is 0 Å². The molecule has 0 unspecified atom stereocenters. The lowest BCUT2D eigenvalue weighted by atomic mass is 10.0. The van der Waals surface area contributed by atoms with Crippen molar-refractivity contribution in [1.29, 1.82) is 0 Å². The molecule has 1 aliphatic rings. The number of benzene rings is 2. The third-order valence-electron chi connectivity index (χ3n) is 4.43. The standard InChI is InChI=1S/C21H23NO2/c1-16(18-11-6-3-7-12-18)22-20-14-8-13-19(20)21(23)24-15-17-9-4-2-5-10-17/h2-13,16,19-20,22H,14-15H2,1H3/t16-,19+,20+/m1/s1. The van der Waals surface area contributed by atoms with E-state index in [2.05, 4.69) is 30.4 Å². The van der Waals surface area contributed by atoms with Gasteiger partial charge in [0.25, 0.3) is 0 Å². The van der Waals surface area contributed by atoms with Gasteiger partial charge in [-0.2, -0.15) is 0 Å². The molecular formula is C21H23NO2. The lowest BCUT2D eigenvalue weighted by Gasteiger charge is -2.24. The summed E-state index contributed by atoms with van der Waals surface area (Å²) in [6.07, 6.45) is 4.87. The van der Waals surface area contributed by atoms with Crippen molar-refractivity contribution in [3.63, 3.8) is 0 Å². The van der Waals surface area contributed by atoms with Crippen molar-refractivity contribution in [1.82, 2.24) is 5.32 Å². The van der Waals surface area contributed by atoms with Crippen LogP contribution in [-0.4, -0.2) is 12.0 Å². The van der Waals surface area contributed by atoms with E-state index in [0.717, 1.165) is 12.0 Å². The molecule has 3 heteroatoms. The molecule has 2 aromatic rings. The van der Waals surface area contributed by atoms with E-state index in [1.165, 1.54) is 5.56 Å². The Hall–Kier alpha value is -2.39. The molecule has 0 spiro atoms. The fourth-order valence-electron chi connectivity index (χ4n) is 3.05. The van der Waals surface area contributed by atoms with E-state index in [4.69, 9.17) is 4.74 Å². The second-order valence-corrected chi connectivity index (χ2v) is 6.19. The molecule has 0 aromatic heterocycles. The number of hydrogen-bond donors (Lipinski definition) is 1. The zero-order valence-electron chi connectivity index (χ0n) is 13.9. The highest BCUT2D eigenvalue weighted by Gasteiger charge is 2.31. The SMILES string of the molecule is C[C@@H](N[C@H]1CC=C[C@@H]1C(=O)OCc1ccccc1)c1ccccc1. The monoisotopic (exact) mass is 321 g/mol. The Labute approximate surface area is 143 Å². The molecule has 124 valence electrons. The average molecular weight is 321 g/mol. The Balaban J connectivity index is 1.56. The first-order valence-corrected chi connectivity index (χ1v) is 8.42. The highest BCUT2D eigenvalue weighted by molar-refractivity contribution is 5.76. The van der Waals surface area contributed by atoms with Crippen LogP contribution < -0.4 is 5.32 Å². The van der Waals surface area contributed by atoms with E-state index in [-0.39, 0.29) is 24.0 Å². The van der Waals surface area contributed by atoms with Crippen molar-refractivity contribution in [2.75, 3.05) is 0 Å². The van der Waals surface area contributed by atoms with Gasteiger partial charge < -0.3 is 10.1 Å². The minimum absolute atomic E-state index is 0.0866. The molecule has 24 heavy (non-hydrogen) atoms. The minimum atomic E-state index is -0.222. The summed E-state index contributed by atoms with van der Waals surface area (Å²) < 4.78 is 5.50. The number of carbonyl (C=O) groups is 1. The Morgan fingerprint density at radius 2 is 1.79 bits per heavy atom. The van der Waals surface area contributed by atoms with Crippen LogP contribution in [0.15, 0.2) is 72.8 Å². The van der Waals surface area contributed by atoms with E-state index < -0.39 is 0 Å². The summed E-state index contributed by atoms with van der Waals surface area (Å²) in [4.78, 5) is 12.4. The van der Waals surface area contributed by atoms with Crippen LogP contribution in [0.5, 0.6) is 0 Å². The maximum atomic E-state index is 12.4. The van der Waals surface area contributed by atoms with Gasteiger partial charge in [-0.3, -0.25) is 4.79 Å². The molecule has 1 aliphatic carbocycles. The van der Waals surface area contributed by atoms with Crippen LogP contribution in [0.4, 0.5) is 0 Å². The maximum absolute atomic E-state index is 12.4. The van der Waals surface area contributed by atoms with Gasteiger partial charge in [-0.25, -0.2) is 0 Å². The molecule has 0 saturated heterocycles. The van der Waals surface area contributed by atoms with Crippen molar-refractivity contribution in [3.05, 3.63) is 83.9 Å². The highest BCUT2D eigenvalue weighted by atomic mass is 16.5. The molecule has 0 heterocycles. The van der Waals surface area contributed by atoms with Crippen molar-refractivity contribution in [3.8, 4) is 0 Å². The van der Waals surface area contributed by atoms with E-state index >= 15 is 0 Å². The summed E-state index contributed by atoms with van der Waals surface area (Å²) in [5.41, 5.74) is 2.23. The minimum Gasteiger partial charge on any atom is -0.460 e. The molecule has 0 aliphatic heterocycles. The summed E-state index contributed by atoms with van der Waals surface area (Å²) >= 11 is 0. The molecule has 0 radical (unpaired) electrons. The molecule has 0 amide bonds. The summed E-state index contributed by atoms with van der Waals surface area (Å²) in [7, 11) is 0. The van der Waals surface area contributed by atoms with Crippen LogP contribution in [-0.2, 0) is 16.1 Å². The van der Waals surface area contributed by atoms with Crippen LogP contribution in [0.2, 0.25) is 0 Å². The van der Waals surface area contributed by atoms with E-state index in [1.807, 2.05) is 54.6 Å². The molecule has 3 rings (SSSR count). The van der Waals surface area contributed by atoms with Crippen LogP contribution in [0.3, 0.4) is 0 Å². The van der Waals surface area contributed by atoms with Crippen molar-refractivity contribution >= 4 is 5.97 Å². The lowest BCUT2D eigenvalue weighted by molar-refractivity contribution is -0.148. The van der Waals surface area contributed by atoms with Gasteiger partial charge in [-0.05, 0) is 24.5 Å². The molecule has 2 aromatic carbocycles. The first kappa shape index (κ1) is 16.5. The molecule has 0 fully saturated rings. The summed E-state index contributed by atoms with van der Waals surface area (Å²) in [6.45, 7) is 2.45. The number of nitrogens with one attached hydrogen (secondary N) is 1. The van der Waals surface area contributed by atoms with Gasteiger partial charge in [0.1, 0.15) is 6.61 Å². The van der Waals surface area contributed by atoms with E-state index in [9.17, 15) is 4.79 Å². The van der Waals surface area contributed by atoms with Crippen LogP contribution in [0.25, 0.3) is 0 Å². The number of carbonyl (C=O) groups excluding carboxylic acids is 1. The predicted octanol–water partition coefficient (Wildman–Crippen LogP) is 4.03. The Kier molecular flexibility index (Phi) is 5.44. The summed E-state index contributed by atoms with van der Waals surface area (Å²) in [6, 6.07) is 20.3. The second-order valence-electron chi connectivity index (χ2n) is 6.19. The van der Waals surface area contributed by atoms with Gasteiger partial charge in [0.2, 0.25) is 0 Å². The lowest BCUT2D eigenvalue weighted by Crippen LogP contribution is -2.38. The highest BCUT2D eigenvalue weighted by Crippen LogP contribution is 2.24. The first-order chi connectivity index (χ1) is 11.7. The second kappa shape index (κ2) is 7.93. The topological polar surface area (TPSA) is 38.3 Å². The zero-order chi connectivity index (χ0) is 16.8. The Morgan fingerprint density at radius 3 is 2.50 bits per heavy atom. The zero-order valence-corrected chi connectivity index (χ0v) is 13.9. The van der Waals surface area contributed by atoms with E-state index in [0.29, 0.717) is 6.61 Å². The largest absolute Gasteiger partial charge is 0.460 e. The van der Waals surface area contributed by atoms with Gasteiger partial charge in [-0.15, -0.1) is 0 Å². The predicted molar refractivity (Wildman–Crippen MR) is 95.3 cm³/mol. The smallest absolute Gasteiger partial charge is 0.314 e. The molecule has 0 saturated carbocycles.